The Morgan fingerprint density at radius 3 is 2.46 bits per heavy atom. The molecular formula is C39H42FN7O3. The van der Waals surface area contributed by atoms with Crippen molar-refractivity contribution in [2.45, 2.75) is 57.7 Å². The average Bonchev–Trinajstić information content (AvgIpc) is 3.33. The number of benzene rings is 2. The monoisotopic (exact) mass is 675 g/mol. The Kier molecular flexibility index (Phi) is 9.69. The molecule has 0 bridgehead atoms. The topological polar surface area (TPSA) is 105 Å². The summed E-state index contributed by atoms with van der Waals surface area (Å²) in [5.41, 5.74) is 3.83. The average molecular weight is 676 g/mol. The molecule has 1 saturated heterocycles. The normalized spacial score (nSPS) is 18.9. The smallest absolute Gasteiger partial charge is 0.337 e. The van der Waals surface area contributed by atoms with Gasteiger partial charge >= 0.3 is 5.69 Å². The largest absolute Gasteiger partial charge is 0.348 e. The number of carbonyl (C=O) groups is 1. The van der Waals surface area contributed by atoms with Gasteiger partial charge < -0.3 is 10.2 Å². The molecule has 0 radical (unpaired) electrons. The number of pyridine rings is 2. The van der Waals surface area contributed by atoms with Gasteiger partial charge in [-0.1, -0.05) is 42.5 Å². The lowest BCUT2D eigenvalue weighted by molar-refractivity contribution is 0.0916. The molecule has 0 spiro atoms. The molecule has 10 nitrogen and oxygen atoms in total. The molecule has 2 aromatic carbocycles. The van der Waals surface area contributed by atoms with E-state index in [1.165, 1.54) is 14.7 Å². The number of carbonyl (C=O) groups excluding carboxylic acids is 1. The fraction of sp³-hybridized carbons (Fsp3) is 0.359. The first-order valence-corrected chi connectivity index (χ1v) is 17.4. The predicted molar refractivity (Wildman–Crippen MR) is 192 cm³/mol. The first-order valence-electron chi connectivity index (χ1n) is 17.4. The highest BCUT2D eigenvalue weighted by molar-refractivity contribution is 5.92. The molecule has 1 aliphatic carbocycles. The van der Waals surface area contributed by atoms with Crippen molar-refractivity contribution in [3.05, 3.63) is 123 Å². The molecule has 7 rings (SSSR count). The molecule has 1 aliphatic heterocycles. The van der Waals surface area contributed by atoms with Crippen molar-refractivity contribution in [1.82, 2.24) is 34.2 Å². The number of nitrogens with zero attached hydrogens (tertiary/aromatic N) is 6. The van der Waals surface area contributed by atoms with E-state index >= 15 is 0 Å². The fourth-order valence-electron chi connectivity index (χ4n) is 7.29. The van der Waals surface area contributed by atoms with Crippen LogP contribution in [0.2, 0.25) is 0 Å². The highest BCUT2D eigenvalue weighted by Gasteiger charge is 2.28. The molecule has 50 heavy (non-hydrogen) atoms. The van der Waals surface area contributed by atoms with Crippen molar-refractivity contribution in [2.75, 3.05) is 33.2 Å². The first kappa shape index (κ1) is 33.5. The van der Waals surface area contributed by atoms with Gasteiger partial charge in [0, 0.05) is 37.4 Å². The van der Waals surface area contributed by atoms with E-state index in [2.05, 4.69) is 56.4 Å². The highest BCUT2D eigenvalue weighted by atomic mass is 19.1. The molecule has 258 valence electrons. The molecule has 0 atom stereocenters. The summed E-state index contributed by atoms with van der Waals surface area (Å²) in [5.74, 6) is -0.896. The zero-order valence-electron chi connectivity index (χ0n) is 28.5. The van der Waals surface area contributed by atoms with Crippen LogP contribution in [-0.4, -0.2) is 74.1 Å². The Hall–Kier alpha value is -5.00. The second kappa shape index (κ2) is 14.5. The number of aryl methyl sites for hydroxylation is 1. The van der Waals surface area contributed by atoms with Gasteiger partial charge in [0.15, 0.2) is 5.65 Å². The molecule has 4 heterocycles. The van der Waals surface area contributed by atoms with Gasteiger partial charge in [-0.15, -0.1) is 0 Å². The third-order valence-electron chi connectivity index (χ3n) is 10.0. The summed E-state index contributed by atoms with van der Waals surface area (Å²) in [7, 11) is 2.17. The molecule has 1 N–H and O–H groups in total. The second-order valence-corrected chi connectivity index (χ2v) is 13.6. The number of rotatable bonds is 7. The van der Waals surface area contributed by atoms with Gasteiger partial charge in [-0.3, -0.25) is 19.1 Å². The van der Waals surface area contributed by atoms with Crippen LogP contribution < -0.4 is 16.6 Å². The van der Waals surface area contributed by atoms with Crippen LogP contribution in [0.3, 0.4) is 0 Å². The molecule has 5 aromatic rings. The van der Waals surface area contributed by atoms with Crippen molar-refractivity contribution < 1.29 is 9.18 Å². The minimum atomic E-state index is -0.649. The number of halogens is 1. The Balaban J connectivity index is 1.15. The second-order valence-electron chi connectivity index (χ2n) is 13.6. The Labute approximate surface area is 290 Å². The minimum Gasteiger partial charge on any atom is -0.348 e. The van der Waals surface area contributed by atoms with Crippen LogP contribution in [0.25, 0.3) is 27.8 Å². The number of aromatic nitrogens is 4. The SMILES string of the molecule is Cc1cccc(C(=O)N[C@H]2CC[C@@H](n3c(=O)c4cc(F)cnc4n(-c4cccc(-c5ccc(CN6CCCN(C)CC6)cc5)c4)c3=O)CC2)n1. The fourth-order valence-corrected chi connectivity index (χ4v) is 7.29. The number of nitrogens with one attached hydrogen (secondary N) is 1. The molecule has 1 amide bonds. The number of likely N-dealkylation sites (N-methyl/N-ethyl adjacent to an activating group) is 1. The third kappa shape index (κ3) is 7.15. The van der Waals surface area contributed by atoms with Gasteiger partial charge in [0.2, 0.25) is 0 Å². The van der Waals surface area contributed by atoms with Crippen molar-refractivity contribution >= 4 is 16.9 Å². The summed E-state index contributed by atoms with van der Waals surface area (Å²) in [6.07, 6.45) is 4.34. The van der Waals surface area contributed by atoms with Crippen LogP contribution in [0.5, 0.6) is 0 Å². The maximum Gasteiger partial charge on any atom is 0.337 e. The van der Waals surface area contributed by atoms with E-state index in [1.54, 1.807) is 18.2 Å². The van der Waals surface area contributed by atoms with Gasteiger partial charge in [-0.05, 0) is 106 Å². The summed E-state index contributed by atoms with van der Waals surface area (Å²) in [4.78, 5) is 54.4. The van der Waals surface area contributed by atoms with Gasteiger partial charge in [0.1, 0.15) is 11.5 Å². The maximum atomic E-state index is 14.5. The lowest BCUT2D eigenvalue weighted by Crippen LogP contribution is -2.45. The molecule has 11 heteroatoms. The lowest BCUT2D eigenvalue weighted by atomic mass is 9.90. The third-order valence-corrected chi connectivity index (χ3v) is 10.0. The van der Waals surface area contributed by atoms with Crippen molar-refractivity contribution in [3.8, 4) is 16.8 Å². The molecule has 2 aliphatic rings. The Morgan fingerprint density at radius 2 is 1.68 bits per heavy atom. The summed E-state index contributed by atoms with van der Waals surface area (Å²) in [6, 6.07) is 22.0. The summed E-state index contributed by atoms with van der Waals surface area (Å²) < 4.78 is 17.2. The molecule has 0 unspecified atom stereocenters. The van der Waals surface area contributed by atoms with Crippen LogP contribution in [0.1, 0.15) is 59.9 Å². The van der Waals surface area contributed by atoms with Crippen LogP contribution in [0, 0.1) is 12.7 Å². The standard InChI is InChI=1S/C39H42FN7O3/c1-26-6-3-9-35(42-26)37(48)43-31-14-16-32(17-15-31)47-38(49)34-23-30(40)24-41-36(34)46(39(47)50)33-8-4-7-29(22-33)28-12-10-27(11-13-28)25-45-19-5-18-44(2)20-21-45/h3-4,6-13,22-24,31-32H,5,14-21,25H2,1-2H3,(H,43,48)/t31-,32+. The van der Waals surface area contributed by atoms with E-state index < -0.39 is 23.1 Å². The first-order chi connectivity index (χ1) is 24.2. The van der Waals surface area contributed by atoms with Crippen LogP contribution >= 0.6 is 0 Å². The molecule has 1 saturated carbocycles. The van der Waals surface area contributed by atoms with Gasteiger partial charge in [0.05, 0.1) is 17.3 Å². The zero-order chi connectivity index (χ0) is 34.8. The quantitative estimate of drug-likeness (QED) is 0.256. The minimum absolute atomic E-state index is 0.0417. The molecule has 2 fully saturated rings. The van der Waals surface area contributed by atoms with Crippen molar-refractivity contribution in [2.24, 2.45) is 0 Å². The summed E-state index contributed by atoms with van der Waals surface area (Å²) in [5, 5.41) is 3.09. The molecular weight excluding hydrogens is 633 g/mol. The van der Waals surface area contributed by atoms with Crippen molar-refractivity contribution in [1.29, 1.82) is 0 Å². The molecule has 3 aromatic heterocycles. The van der Waals surface area contributed by atoms with E-state index in [0.717, 1.165) is 68.2 Å². The number of hydrogen-bond acceptors (Lipinski definition) is 7. The van der Waals surface area contributed by atoms with E-state index in [4.69, 9.17) is 0 Å². The maximum absolute atomic E-state index is 14.5. The number of fused-ring (bicyclic) bond motifs is 1. The van der Waals surface area contributed by atoms with Gasteiger partial charge in [0.25, 0.3) is 11.5 Å². The van der Waals surface area contributed by atoms with Crippen LogP contribution in [0.15, 0.2) is 88.6 Å². The number of amides is 1. The van der Waals surface area contributed by atoms with Crippen LogP contribution in [-0.2, 0) is 6.54 Å². The van der Waals surface area contributed by atoms with Gasteiger partial charge in [-0.25, -0.2) is 23.7 Å². The summed E-state index contributed by atoms with van der Waals surface area (Å²) >= 11 is 0. The van der Waals surface area contributed by atoms with Gasteiger partial charge in [-0.2, -0.15) is 0 Å². The van der Waals surface area contributed by atoms with E-state index in [1.807, 2.05) is 31.2 Å². The Bertz CT molecular complexity index is 2140. The van der Waals surface area contributed by atoms with E-state index in [-0.39, 0.29) is 23.0 Å². The zero-order valence-corrected chi connectivity index (χ0v) is 28.5. The number of hydrogen-bond donors (Lipinski definition) is 1. The predicted octanol–water partition coefficient (Wildman–Crippen LogP) is 5.11. The van der Waals surface area contributed by atoms with E-state index in [0.29, 0.717) is 37.1 Å². The lowest BCUT2D eigenvalue weighted by Gasteiger charge is -2.30. The Morgan fingerprint density at radius 1 is 0.900 bits per heavy atom. The van der Waals surface area contributed by atoms with Crippen molar-refractivity contribution in [3.63, 3.8) is 0 Å². The highest BCUT2D eigenvalue weighted by Crippen LogP contribution is 2.29. The summed E-state index contributed by atoms with van der Waals surface area (Å²) in [6.45, 7) is 7.06. The van der Waals surface area contributed by atoms with E-state index in [9.17, 15) is 18.8 Å². The van der Waals surface area contributed by atoms with Crippen LogP contribution in [0.4, 0.5) is 4.39 Å².